The third-order valence-electron chi connectivity index (χ3n) is 5.82. The number of nitrogens with zero attached hydrogens (tertiary/aromatic N) is 6. The molecular weight excluding hydrogens is 394 g/mol. The van der Waals surface area contributed by atoms with Crippen molar-refractivity contribution in [3.8, 4) is 0 Å². The number of amides is 1. The van der Waals surface area contributed by atoms with E-state index in [9.17, 15) is 9.59 Å². The Morgan fingerprint density at radius 1 is 0.968 bits per heavy atom. The number of fused-ring (bicyclic) bond motifs is 2. The van der Waals surface area contributed by atoms with Crippen LogP contribution in [0.3, 0.4) is 0 Å². The zero-order chi connectivity index (χ0) is 21.5. The molecule has 9 nitrogen and oxygen atoms in total. The van der Waals surface area contributed by atoms with Gasteiger partial charge in [-0.2, -0.15) is 15.4 Å². The van der Waals surface area contributed by atoms with Crippen molar-refractivity contribution >= 4 is 33.5 Å². The van der Waals surface area contributed by atoms with Gasteiger partial charge in [-0.15, -0.1) is 0 Å². The molecule has 9 heteroatoms. The number of hydrogen-bond acceptors (Lipinski definition) is 6. The Hall–Kier alpha value is -3.75. The summed E-state index contributed by atoms with van der Waals surface area (Å²) in [6, 6.07) is 11.2. The van der Waals surface area contributed by atoms with Gasteiger partial charge < -0.3 is 9.80 Å². The van der Waals surface area contributed by atoms with Crippen LogP contribution in [-0.4, -0.2) is 61.9 Å². The molecule has 31 heavy (non-hydrogen) atoms. The van der Waals surface area contributed by atoms with Crippen molar-refractivity contribution < 1.29 is 4.79 Å². The summed E-state index contributed by atoms with van der Waals surface area (Å²) in [6.45, 7) is 6.60. The van der Waals surface area contributed by atoms with Gasteiger partial charge in [0, 0.05) is 43.5 Å². The Labute approximate surface area is 178 Å². The van der Waals surface area contributed by atoms with E-state index < -0.39 is 0 Å². The molecule has 1 saturated heterocycles. The molecule has 158 valence electrons. The van der Waals surface area contributed by atoms with E-state index in [0.717, 1.165) is 11.2 Å². The topological polar surface area (TPSA) is 100 Å². The van der Waals surface area contributed by atoms with Crippen molar-refractivity contribution in [2.45, 2.75) is 19.9 Å². The number of rotatable bonds is 3. The van der Waals surface area contributed by atoms with Crippen LogP contribution in [0.4, 0.5) is 5.69 Å². The lowest BCUT2D eigenvalue weighted by molar-refractivity contribution is 0.0747. The van der Waals surface area contributed by atoms with E-state index in [1.807, 2.05) is 36.9 Å². The van der Waals surface area contributed by atoms with Crippen molar-refractivity contribution in [2.24, 2.45) is 0 Å². The van der Waals surface area contributed by atoms with Crippen LogP contribution in [0.15, 0.2) is 47.5 Å². The maximum absolute atomic E-state index is 12.9. The zero-order valence-corrected chi connectivity index (χ0v) is 17.4. The van der Waals surface area contributed by atoms with Crippen molar-refractivity contribution in [2.75, 3.05) is 31.1 Å². The first kappa shape index (κ1) is 19.2. The third kappa shape index (κ3) is 3.41. The fraction of sp³-hybridized carbons (Fsp3) is 0.318. The SMILES string of the molecule is CC(C)n1cnc2cc(N3CCN(C(=O)c4ccc5n[nH]nc5c4)CC3)ccc2c1=O. The number of aromatic amines is 1. The molecular formula is C22H23N7O2. The average molecular weight is 417 g/mol. The molecule has 2 aromatic heterocycles. The van der Waals surface area contributed by atoms with Gasteiger partial charge in [-0.25, -0.2) is 4.98 Å². The first-order valence-electron chi connectivity index (χ1n) is 10.4. The lowest BCUT2D eigenvalue weighted by Gasteiger charge is -2.36. The van der Waals surface area contributed by atoms with Crippen LogP contribution in [-0.2, 0) is 0 Å². The molecule has 1 aliphatic rings. The molecule has 2 aromatic carbocycles. The summed E-state index contributed by atoms with van der Waals surface area (Å²) in [6.07, 6.45) is 1.61. The van der Waals surface area contributed by atoms with Crippen molar-refractivity contribution in [1.82, 2.24) is 29.9 Å². The van der Waals surface area contributed by atoms with Crippen LogP contribution in [0.1, 0.15) is 30.2 Å². The number of nitrogens with one attached hydrogen (secondary N) is 1. The predicted octanol–water partition coefficient (Wildman–Crippen LogP) is 2.21. The van der Waals surface area contributed by atoms with E-state index in [-0.39, 0.29) is 17.5 Å². The number of benzene rings is 2. The minimum atomic E-state index is -0.0222. The summed E-state index contributed by atoms with van der Waals surface area (Å²) in [5.74, 6) is -0.000959. The van der Waals surface area contributed by atoms with Gasteiger partial charge in [-0.1, -0.05) is 0 Å². The standard InChI is InChI=1S/C22H23N7O2/c1-14(2)29-13-23-19-12-16(4-5-17(19)22(29)31)27-7-9-28(10-8-27)21(30)15-3-6-18-20(11-15)25-26-24-18/h3-6,11-14H,7-10H2,1-2H3,(H,24,25,26). The van der Waals surface area contributed by atoms with Crippen molar-refractivity contribution in [3.63, 3.8) is 0 Å². The highest BCUT2D eigenvalue weighted by Gasteiger charge is 2.23. The first-order valence-corrected chi connectivity index (χ1v) is 10.4. The molecule has 0 atom stereocenters. The first-order chi connectivity index (χ1) is 15.0. The second-order valence-electron chi connectivity index (χ2n) is 8.06. The van der Waals surface area contributed by atoms with Crippen molar-refractivity contribution in [1.29, 1.82) is 0 Å². The Morgan fingerprint density at radius 2 is 1.74 bits per heavy atom. The van der Waals surface area contributed by atoms with Gasteiger partial charge in [-0.05, 0) is 50.2 Å². The molecule has 1 fully saturated rings. The van der Waals surface area contributed by atoms with E-state index in [0.29, 0.717) is 48.2 Å². The second-order valence-corrected chi connectivity index (χ2v) is 8.06. The van der Waals surface area contributed by atoms with Crippen LogP contribution in [0.25, 0.3) is 21.9 Å². The molecule has 0 bridgehead atoms. The maximum atomic E-state index is 12.9. The minimum Gasteiger partial charge on any atom is -0.368 e. The Kier molecular flexibility index (Phi) is 4.65. The van der Waals surface area contributed by atoms with Gasteiger partial charge in [0.25, 0.3) is 11.5 Å². The molecule has 1 N–H and O–H groups in total. The van der Waals surface area contributed by atoms with Crippen molar-refractivity contribution in [3.05, 3.63) is 58.6 Å². The lowest BCUT2D eigenvalue weighted by atomic mass is 10.1. The molecule has 1 aliphatic heterocycles. The summed E-state index contributed by atoms with van der Waals surface area (Å²) in [7, 11) is 0. The smallest absolute Gasteiger partial charge is 0.261 e. The van der Waals surface area contributed by atoms with Gasteiger partial charge in [0.15, 0.2) is 0 Å². The van der Waals surface area contributed by atoms with Gasteiger partial charge >= 0.3 is 0 Å². The Morgan fingerprint density at radius 3 is 2.52 bits per heavy atom. The molecule has 4 aromatic rings. The van der Waals surface area contributed by atoms with Crippen LogP contribution in [0.2, 0.25) is 0 Å². The van der Waals surface area contributed by atoms with E-state index >= 15 is 0 Å². The van der Waals surface area contributed by atoms with E-state index in [4.69, 9.17) is 0 Å². The summed E-state index contributed by atoms with van der Waals surface area (Å²) < 4.78 is 1.64. The third-order valence-corrected chi connectivity index (χ3v) is 5.82. The number of anilines is 1. The molecule has 0 radical (unpaired) electrons. The highest BCUT2D eigenvalue weighted by molar-refractivity contribution is 5.97. The highest BCUT2D eigenvalue weighted by Crippen LogP contribution is 2.22. The zero-order valence-electron chi connectivity index (χ0n) is 17.4. The average Bonchev–Trinajstić information content (AvgIpc) is 3.26. The number of hydrogen-bond donors (Lipinski definition) is 1. The number of H-pyrrole nitrogens is 1. The number of piperazine rings is 1. The summed E-state index contributed by atoms with van der Waals surface area (Å²) in [5.41, 5.74) is 3.73. The van der Waals surface area contributed by atoms with Gasteiger partial charge in [0.1, 0.15) is 11.0 Å². The van der Waals surface area contributed by atoms with E-state index in [1.54, 1.807) is 29.1 Å². The maximum Gasteiger partial charge on any atom is 0.261 e. The van der Waals surface area contributed by atoms with Gasteiger partial charge in [0.05, 0.1) is 17.2 Å². The number of carbonyl (C=O) groups excluding carboxylic acids is 1. The Bertz CT molecular complexity index is 1330. The monoisotopic (exact) mass is 417 g/mol. The minimum absolute atomic E-state index is 0.000959. The number of aromatic nitrogens is 5. The quantitative estimate of drug-likeness (QED) is 0.549. The molecule has 5 rings (SSSR count). The fourth-order valence-electron chi connectivity index (χ4n) is 4.01. The predicted molar refractivity (Wildman–Crippen MR) is 118 cm³/mol. The molecule has 1 amide bonds. The summed E-state index contributed by atoms with van der Waals surface area (Å²) >= 11 is 0. The largest absolute Gasteiger partial charge is 0.368 e. The molecule has 0 saturated carbocycles. The molecule has 0 aliphatic carbocycles. The van der Waals surface area contributed by atoms with Gasteiger partial charge in [-0.3, -0.25) is 14.2 Å². The highest BCUT2D eigenvalue weighted by atomic mass is 16.2. The summed E-state index contributed by atoms with van der Waals surface area (Å²) in [4.78, 5) is 34.1. The van der Waals surface area contributed by atoms with E-state index in [2.05, 4.69) is 25.3 Å². The van der Waals surface area contributed by atoms with Crippen LogP contribution >= 0.6 is 0 Å². The van der Waals surface area contributed by atoms with Gasteiger partial charge in [0.2, 0.25) is 0 Å². The van der Waals surface area contributed by atoms with Crippen LogP contribution in [0, 0.1) is 0 Å². The normalized spacial score (nSPS) is 14.7. The summed E-state index contributed by atoms with van der Waals surface area (Å²) in [5, 5.41) is 11.3. The lowest BCUT2D eigenvalue weighted by Crippen LogP contribution is -2.48. The Balaban J connectivity index is 1.31. The fourth-order valence-corrected chi connectivity index (χ4v) is 4.01. The molecule has 0 unspecified atom stereocenters. The molecule has 0 spiro atoms. The molecule has 3 heterocycles. The van der Waals surface area contributed by atoms with E-state index in [1.165, 1.54) is 0 Å². The second kappa shape index (κ2) is 7.50. The van der Waals surface area contributed by atoms with Crippen LogP contribution < -0.4 is 10.5 Å². The number of carbonyl (C=O) groups is 1. The van der Waals surface area contributed by atoms with Crippen LogP contribution in [0.5, 0.6) is 0 Å².